The van der Waals surface area contributed by atoms with Crippen LogP contribution in [0.4, 0.5) is 23.1 Å². The molecular formula is C19H20ClI2N7O2. The largest absolute Gasteiger partial charge is 0.339 e. The van der Waals surface area contributed by atoms with Crippen molar-refractivity contribution in [2.75, 3.05) is 48.3 Å². The van der Waals surface area contributed by atoms with E-state index >= 15 is 0 Å². The van der Waals surface area contributed by atoms with Crippen LogP contribution in [0.3, 0.4) is 0 Å². The molecule has 1 aromatic carbocycles. The number of carbonyl (C=O) groups is 2. The van der Waals surface area contributed by atoms with Gasteiger partial charge in [-0.05, 0) is 30.2 Å². The lowest BCUT2D eigenvalue weighted by Gasteiger charge is -2.31. The van der Waals surface area contributed by atoms with E-state index < -0.39 is 5.92 Å². The van der Waals surface area contributed by atoms with Crippen LogP contribution in [0.1, 0.15) is 5.56 Å². The molecule has 0 radical (unpaired) electrons. The summed E-state index contributed by atoms with van der Waals surface area (Å²) in [4.78, 5) is 37.3. The van der Waals surface area contributed by atoms with Gasteiger partial charge >= 0.3 is 0 Å². The molecule has 4 rings (SSSR count). The average molecular weight is 668 g/mol. The molecule has 1 aromatic heterocycles. The minimum atomic E-state index is -0.740. The summed E-state index contributed by atoms with van der Waals surface area (Å²) in [6.45, 7) is 3.59. The third-order valence-corrected chi connectivity index (χ3v) is 7.18. The molecular weight excluding hydrogens is 648 g/mol. The molecule has 2 aliphatic heterocycles. The molecule has 2 amide bonds. The smallest absolute Gasteiger partial charge is 0.241 e. The molecule has 2 N–H and O–H groups in total. The van der Waals surface area contributed by atoms with Gasteiger partial charge < -0.3 is 15.1 Å². The van der Waals surface area contributed by atoms with E-state index in [0.29, 0.717) is 23.2 Å². The molecule has 1 unspecified atom stereocenters. The monoisotopic (exact) mass is 667 g/mol. The van der Waals surface area contributed by atoms with Gasteiger partial charge in [-0.1, -0.05) is 11.6 Å². The summed E-state index contributed by atoms with van der Waals surface area (Å²) in [5.74, 6) is -0.0896. The molecule has 0 aliphatic carbocycles. The number of rotatable bonds is 4. The van der Waals surface area contributed by atoms with E-state index in [1.54, 1.807) is 36.1 Å². The normalized spacial score (nSPS) is 19.2. The van der Waals surface area contributed by atoms with Gasteiger partial charge in [0.15, 0.2) is 5.82 Å². The zero-order valence-electron chi connectivity index (χ0n) is 16.6. The van der Waals surface area contributed by atoms with Crippen molar-refractivity contribution in [2.24, 2.45) is 5.92 Å². The molecule has 2 aromatic rings. The van der Waals surface area contributed by atoms with Gasteiger partial charge in [0.1, 0.15) is 10.9 Å². The van der Waals surface area contributed by atoms with Gasteiger partial charge in [0.05, 0.1) is 29.1 Å². The fourth-order valence-corrected chi connectivity index (χ4v) is 4.65. The number of carbonyl (C=O) groups excluding carboxylic acids is 2. The van der Waals surface area contributed by atoms with Crippen molar-refractivity contribution in [2.45, 2.75) is 6.42 Å². The van der Waals surface area contributed by atoms with Gasteiger partial charge in [0, 0.05) is 67.5 Å². The first-order chi connectivity index (χ1) is 14.9. The zero-order chi connectivity index (χ0) is 22.1. The zero-order valence-corrected chi connectivity index (χ0v) is 21.7. The van der Waals surface area contributed by atoms with E-state index in [1.165, 1.54) is 4.90 Å². The maximum absolute atomic E-state index is 12.5. The second kappa shape index (κ2) is 9.58. The van der Waals surface area contributed by atoms with Gasteiger partial charge in [-0.15, -0.1) is 0 Å². The van der Waals surface area contributed by atoms with Crippen LogP contribution in [-0.2, 0) is 16.0 Å². The minimum absolute atomic E-state index is 0.211. The summed E-state index contributed by atoms with van der Waals surface area (Å²) in [6, 6.07) is 5.66. The van der Waals surface area contributed by atoms with Crippen molar-refractivity contribution in [1.29, 1.82) is 0 Å². The van der Waals surface area contributed by atoms with Gasteiger partial charge in [0.2, 0.25) is 17.8 Å². The number of hydrogen-bond donors (Lipinski definition) is 2. The highest BCUT2D eigenvalue weighted by Crippen LogP contribution is 2.34. The first-order valence-corrected chi connectivity index (χ1v) is 12.1. The first kappa shape index (κ1) is 22.7. The Morgan fingerprint density at radius 2 is 2.00 bits per heavy atom. The Balaban J connectivity index is 1.57. The van der Waals surface area contributed by atoms with Crippen LogP contribution in [0, 0.1) is 5.92 Å². The summed E-state index contributed by atoms with van der Waals surface area (Å²) >= 11 is 10.4. The molecule has 164 valence electrons. The summed E-state index contributed by atoms with van der Waals surface area (Å²) in [6.07, 6.45) is 1.94. The number of nitrogens with one attached hydrogen (secondary N) is 2. The topological polar surface area (TPSA) is 93.7 Å². The quantitative estimate of drug-likeness (QED) is 0.295. The van der Waals surface area contributed by atoms with E-state index in [1.807, 2.05) is 18.2 Å². The van der Waals surface area contributed by atoms with Crippen LogP contribution in [-0.4, -0.2) is 58.1 Å². The van der Waals surface area contributed by atoms with Gasteiger partial charge in [-0.3, -0.25) is 13.1 Å². The maximum atomic E-state index is 12.5. The number of hydrogen-bond acceptors (Lipinski definition) is 7. The van der Waals surface area contributed by atoms with E-state index in [4.69, 9.17) is 11.6 Å². The molecule has 31 heavy (non-hydrogen) atoms. The average Bonchev–Trinajstić information content (AvgIpc) is 2.77. The number of aromatic nitrogens is 2. The SMILES string of the molecule is CN1C(=O)C(C(=O)NI)Cc2cc(Nc3nc(N4CCN(I)CC4)ncc3Cl)ccc21. The first-order valence-electron chi connectivity index (χ1n) is 9.63. The predicted octanol–water partition coefficient (Wildman–Crippen LogP) is 2.95. The Bertz CT molecular complexity index is 1020. The molecule has 2 aliphatic rings. The highest BCUT2D eigenvalue weighted by molar-refractivity contribution is 14.1. The van der Waals surface area contributed by atoms with Crippen LogP contribution in [0.2, 0.25) is 5.02 Å². The number of benzene rings is 1. The van der Waals surface area contributed by atoms with Gasteiger partial charge in [-0.2, -0.15) is 4.98 Å². The lowest BCUT2D eigenvalue weighted by Crippen LogP contribution is -2.44. The summed E-state index contributed by atoms with van der Waals surface area (Å²) in [5, 5.41) is 3.69. The van der Waals surface area contributed by atoms with E-state index in [0.717, 1.165) is 43.1 Å². The Labute approximate surface area is 212 Å². The highest BCUT2D eigenvalue weighted by Gasteiger charge is 2.35. The molecule has 1 fully saturated rings. The molecule has 0 spiro atoms. The fraction of sp³-hybridized carbons (Fsp3) is 0.368. The minimum Gasteiger partial charge on any atom is -0.339 e. The second-order valence-corrected chi connectivity index (χ2v) is 9.66. The van der Waals surface area contributed by atoms with E-state index in [9.17, 15) is 9.59 Å². The number of halogens is 3. The Morgan fingerprint density at radius 3 is 2.71 bits per heavy atom. The molecule has 9 nitrogen and oxygen atoms in total. The third-order valence-electron chi connectivity index (χ3n) is 5.41. The molecule has 0 saturated carbocycles. The standard InChI is InChI=1S/C19H20ClI2N7O2/c1-27-15-3-2-12(8-11(15)9-13(18(27)31)17(30)26-21)24-16-14(20)10-23-19(25-16)28-4-6-29(22)7-5-28/h2-3,8,10,13H,4-7,9H2,1H3,(H,26,30)(H,23,24,25). The predicted molar refractivity (Wildman–Crippen MR) is 137 cm³/mol. The van der Waals surface area contributed by atoms with Crippen LogP contribution in [0.5, 0.6) is 0 Å². The molecule has 0 bridgehead atoms. The Kier molecular flexibility index (Phi) is 7.03. The fourth-order valence-electron chi connectivity index (χ4n) is 3.70. The maximum Gasteiger partial charge on any atom is 0.241 e. The van der Waals surface area contributed by atoms with Crippen LogP contribution in [0.25, 0.3) is 0 Å². The second-order valence-electron chi connectivity index (χ2n) is 7.34. The lowest BCUT2D eigenvalue weighted by atomic mass is 9.91. The number of amides is 2. The van der Waals surface area contributed by atoms with E-state index in [2.05, 4.69) is 49.7 Å². The molecule has 1 saturated heterocycles. The van der Waals surface area contributed by atoms with Crippen molar-refractivity contribution in [3.63, 3.8) is 0 Å². The van der Waals surface area contributed by atoms with Gasteiger partial charge in [0.25, 0.3) is 0 Å². The molecule has 3 heterocycles. The van der Waals surface area contributed by atoms with Crippen LogP contribution >= 0.6 is 57.3 Å². The number of nitrogens with zero attached hydrogens (tertiary/aromatic N) is 5. The highest BCUT2D eigenvalue weighted by atomic mass is 127. The van der Waals surface area contributed by atoms with Crippen molar-refractivity contribution < 1.29 is 9.59 Å². The number of piperazine rings is 1. The molecule has 12 heteroatoms. The lowest BCUT2D eigenvalue weighted by molar-refractivity contribution is -0.132. The Morgan fingerprint density at radius 1 is 1.26 bits per heavy atom. The summed E-state index contributed by atoms with van der Waals surface area (Å²) in [5.41, 5.74) is 2.47. The summed E-state index contributed by atoms with van der Waals surface area (Å²) < 4.78 is 4.78. The molecule has 1 atom stereocenters. The Hall–Kier alpha value is -1.45. The van der Waals surface area contributed by atoms with Crippen molar-refractivity contribution in [1.82, 2.24) is 16.6 Å². The number of anilines is 4. The van der Waals surface area contributed by atoms with Crippen molar-refractivity contribution in [3.05, 3.63) is 35.0 Å². The number of fused-ring (bicyclic) bond motifs is 1. The summed E-state index contributed by atoms with van der Waals surface area (Å²) in [7, 11) is 1.68. The van der Waals surface area contributed by atoms with Crippen LogP contribution in [0.15, 0.2) is 24.4 Å². The van der Waals surface area contributed by atoms with Crippen molar-refractivity contribution >= 4 is 92.3 Å². The van der Waals surface area contributed by atoms with Crippen molar-refractivity contribution in [3.8, 4) is 0 Å². The third kappa shape index (κ3) is 4.83. The van der Waals surface area contributed by atoms with Crippen LogP contribution < -0.4 is 18.6 Å². The van der Waals surface area contributed by atoms with E-state index in [-0.39, 0.29) is 11.8 Å². The van der Waals surface area contributed by atoms with Gasteiger partial charge in [-0.25, -0.2) is 8.10 Å².